The lowest BCUT2D eigenvalue weighted by Crippen LogP contribution is -2.45. The van der Waals surface area contributed by atoms with Gasteiger partial charge >= 0.3 is 0 Å². The number of likely N-dealkylation sites (tertiary alicyclic amines) is 1. The molecule has 1 aromatic rings. The number of piperidine rings is 1. The number of nitrogens with zero attached hydrogens (tertiary/aromatic N) is 1. The number of hydrogen-bond donors (Lipinski definition) is 1. The minimum atomic E-state index is 0.0901. The van der Waals surface area contributed by atoms with E-state index in [1.807, 2.05) is 31.2 Å². The van der Waals surface area contributed by atoms with Crippen LogP contribution in [0.2, 0.25) is 0 Å². The van der Waals surface area contributed by atoms with Crippen molar-refractivity contribution < 1.29 is 4.79 Å². The van der Waals surface area contributed by atoms with Crippen LogP contribution in [0.1, 0.15) is 54.4 Å². The molecule has 1 aliphatic carbocycles. The van der Waals surface area contributed by atoms with E-state index in [0.29, 0.717) is 6.04 Å². The van der Waals surface area contributed by atoms with Gasteiger partial charge in [-0.2, -0.15) is 0 Å². The molecule has 3 nitrogen and oxygen atoms in total. The lowest BCUT2D eigenvalue weighted by Gasteiger charge is -2.33. The van der Waals surface area contributed by atoms with Crippen molar-refractivity contribution in [2.24, 2.45) is 5.92 Å². The largest absolute Gasteiger partial charge is 0.349 e. The summed E-state index contributed by atoms with van der Waals surface area (Å²) in [6.07, 6.45) is 7.86. The van der Waals surface area contributed by atoms with E-state index < -0.39 is 0 Å². The van der Waals surface area contributed by atoms with Gasteiger partial charge in [0.1, 0.15) is 0 Å². The molecule has 1 aliphatic heterocycles. The van der Waals surface area contributed by atoms with Crippen LogP contribution in [0.5, 0.6) is 0 Å². The molecule has 3 rings (SSSR count). The molecule has 0 atom stereocenters. The summed E-state index contributed by atoms with van der Waals surface area (Å²) in [5.74, 6) is 1.02. The normalized spacial score (nSPS) is 21.1. The minimum absolute atomic E-state index is 0.0901. The maximum absolute atomic E-state index is 12.4. The first-order valence-corrected chi connectivity index (χ1v) is 8.81. The van der Waals surface area contributed by atoms with Gasteiger partial charge in [0, 0.05) is 31.2 Å². The second-order valence-corrected chi connectivity index (χ2v) is 7.01. The number of nitrogens with one attached hydrogen (secondary N) is 1. The molecule has 1 N–H and O–H groups in total. The molecule has 0 spiro atoms. The van der Waals surface area contributed by atoms with Crippen LogP contribution in [0, 0.1) is 12.8 Å². The monoisotopic (exact) mass is 300 g/mol. The molecule has 0 unspecified atom stereocenters. The van der Waals surface area contributed by atoms with Gasteiger partial charge in [0.05, 0.1) is 0 Å². The summed E-state index contributed by atoms with van der Waals surface area (Å²) < 4.78 is 0. The highest BCUT2D eigenvalue weighted by Gasteiger charge is 2.24. The average molecular weight is 300 g/mol. The number of rotatable bonds is 4. The predicted octanol–water partition coefficient (Wildman–Crippen LogP) is 3.38. The molecule has 2 fully saturated rings. The zero-order chi connectivity index (χ0) is 15.4. The second kappa shape index (κ2) is 7.28. The summed E-state index contributed by atoms with van der Waals surface area (Å²) in [5.41, 5.74) is 1.87. The fraction of sp³-hybridized carbons (Fsp3) is 0.632. The summed E-state index contributed by atoms with van der Waals surface area (Å²) in [6, 6.07) is 8.17. The third-order valence-corrected chi connectivity index (χ3v) is 5.30. The number of amides is 1. The number of carbonyl (C=O) groups is 1. The summed E-state index contributed by atoms with van der Waals surface area (Å²) in [5, 5.41) is 3.22. The summed E-state index contributed by atoms with van der Waals surface area (Å²) in [4.78, 5) is 15.0. The fourth-order valence-electron chi connectivity index (χ4n) is 3.91. The van der Waals surface area contributed by atoms with Crippen LogP contribution >= 0.6 is 0 Å². The Morgan fingerprint density at radius 2 is 1.82 bits per heavy atom. The van der Waals surface area contributed by atoms with Crippen LogP contribution in [0.25, 0.3) is 0 Å². The van der Waals surface area contributed by atoms with Crippen LogP contribution in [-0.4, -0.2) is 36.5 Å². The van der Waals surface area contributed by atoms with Crippen LogP contribution < -0.4 is 5.32 Å². The first-order valence-electron chi connectivity index (χ1n) is 8.81. The molecule has 0 bridgehead atoms. The number of aryl methyl sites for hydroxylation is 1. The zero-order valence-corrected chi connectivity index (χ0v) is 13.7. The molecule has 0 radical (unpaired) electrons. The molecule has 120 valence electrons. The van der Waals surface area contributed by atoms with Gasteiger partial charge in [-0.3, -0.25) is 4.79 Å². The third-order valence-electron chi connectivity index (χ3n) is 5.30. The number of hydrogen-bond acceptors (Lipinski definition) is 2. The van der Waals surface area contributed by atoms with E-state index in [0.717, 1.165) is 43.0 Å². The first kappa shape index (κ1) is 15.5. The summed E-state index contributed by atoms with van der Waals surface area (Å²) in [6.45, 7) is 5.54. The topological polar surface area (TPSA) is 32.3 Å². The third kappa shape index (κ3) is 3.89. The molecular weight excluding hydrogens is 272 g/mol. The van der Waals surface area contributed by atoms with Crippen LogP contribution in [-0.2, 0) is 0 Å². The average Bonchev–Trinajstić information content (AvgIpc) is 3.02. The number of carbonyl (C=O) groups excluding carboxylic acids is 1. The fourth-order valence-corrected chi connectivity index (χ4v) is 3.91. The van der Waals surface area contributed by atoms with Gasteiger partial charge in [-0.25, -0.2) is 0 Å². The van der Waals surface area contributed by atoms with Crippen molar-refractivity contribution in [2.75, 3.05) is 19.6 Å². The Kier molecular flexibility index (Phi) is 5.14. The molecule has 22 heavy (non-hydrogen) atoms. The highest BCUT2D eigenvalue weighted by molar-refractivity contribution is 5.95. The Labute approximate surface area is 134 Å². The molecule has 0 aromatic heterocycles. The first-order chi connectivity index (χ1) is 10.7. The van der Waals surface area contributed by atoms with E-state index in [1.165, 1.54) is 32.2 Å². The van der Waals surface area contributed by atoms with Gasteiger partial charge in [-0.1, -0.05) is 31.0 Å². The lowest BCUT2D eigenvalue weighted by atomic mass is 10.0. The minimum Gasteiger partial charge on any atom is -0.349 e. The van der Waals surface area contributed by atoms with Crippen molar-refractivity contribution in [3.05, 3.63) is 35.4 Å². The van der Waals surface area contributed by atoms with Crippen LogP contribution in [0.3, 0.4) is 0 Å². The second-order valence-electron chi connectivity index (χ2n) is 7.01. The van der Waals surface area contributed by atoms with Gasteiger partial charge in [0.15, 0.2) is 0 Å². The van der Waals surface area contributed by atoms with E-state index in [-0.39, 0.29) is 5.91 Å². The van der Waals surface area contributed by atoms with Gasteiger partial charge in [-0.05, 0) is 50.2 Å². The van der Waals surface area contributed by atoms with Gasteiger partial charge in [-0.15, -0.1) is 0 Å². The molecule has 1 saturated heterocycles. The highest BCUT2D eigenvalue weighted by Crippen LogP contribution is 2.26. The molecule has 1 saturated carbocycles. The highest BCUT2D eigenvalue weighted by atomic mass is 16.1. The molecule has 1 aromatic carbocycles. The van der Waals surface area contributed by atoms with E-state index in [2.05, 4.69) is 10.2 Å². The van der Waals surface area contributed by atoms with Crippen molar-refractivity contribution in [1.82, 2.24) is 10.2 Å². The predicted molar refractivity (Wildman–Crippen MR) is 90.1 cm³/mol. The van der Waals surface area contributed by atoms with Gasteiger partial charge < -0.3 is 10.2 Å². The Bertz CT molecular complexity index is 500. The Hall–Kier alpha value is -1.35. The zero-order valence-electron chi connectivity index (χ0n) is 13.7. The molecular formula is C19H28N2O. The van der Waals surface area contributed by atoms with Crippen molar-refractivity contribution in [3.8, 4) is 0 Å². The molecule has 3 heteroatoms. The standard InChI is InChI=1S/C19H28N2O/c1-15-6-2-5-9-18(15)19(22)20-17-10-12-21(13-11-17)14-16-7-3-4-8-16/h2,5-6,9,16-17H,3-4,7-8,10-14H2,1H3,(H,20,22). The smallest absolute Gasteiger partial charge is 0.251 e. The maximum atomic E-state index is 12.4. The molecule has 2 aliphatic rings. The van der Waals surface area contributed by atoms with E-state index in [9.17, 15) is 4.79 Å². The van der Waals surface area contributed by atoms with Gasteiger partial charge in [0.2, 0.25) is 0 Å². The molecule has 1 amide bonds. The Balaban J connectivity index is 1.45. The van der Waals surface area contributed by atoms with E-state index >= 15 is 0 Å². The summed E-state index contributed by atoms with van der Waals surface area (Å²) in [7, 11) is 0. The Morgan fingerprint density at radius 1 is 1.14 bits per heavy atom. The van der Waals surface area contributed by atoms with Crippen molar-refractivity contribution in [1.29, 1.82) is 0 Å². The van der Waals surface area contributed by atoms with E-state index in [4.69, 9.17) is 0 Å². The van der Waals surface area contributed by atoms with Crippen molar-refractivity contribution in [2.45, 2.75) is 51.5 Å². The quantitative estimate of drug-likeness (QED) is 0.924. The van der Waals surface area contributed by atoms with E-state index in [1.54, 1.807) is 0 Å². The van der Waals surface area contributed by atoms with Gasteiger partial charge in [0.25, 0.3) is 5.91 Å². The van der Waals surface area contributed by atoms with Crippen LogP contribution in [0.15, 0.2) is 24.3 Å². The number of benzene rings is 1. The van der Waals surface area contributed by atoms with Crippen molar-refractivity contribution in [3.63, 3.8) is 0 Å². The lowest BCUT2D eigenvalue weighted by molar-refractivity contribution is 0.0905. The maximum Gasteiger partial charge on any atom is 0.251 e. The SMILES string of the molecule is Cc1ccccc1C(=O)NC1CCN(CC2CCCC2)CC1. The Morgan fingerprint density at radius 3 is 2.50 bits per heavy atom. The molecule has 1 heterocycles. The van der Waals surface area contributed by atoms with Crippen LogP contribution in [0.4, 0.5) is 0 Å². The summed E-state index contributed by atoms with van der Waals surface area (Å²) >= 11 is 0. The van der Waals surface area contributed by atoms with Crippen molar-refractivity contribution >= 4 is 5.91 Å².